The summed E-state index contributed by atoms with van der Waals surface area (Å²) in [5.74, 6) is -4.01. The Morgan fingerprint density at radius 3 is 2.58 bits per heavy atom. The van der Waals surface area contributed by atoms with E-state index in [0.29, 0.717) is 0 Å². The molecule has 1 aromatic carbocycles. The molecule has 0 atom stereocenters. The summed E-state index contributed by atoms with van der Waals surface area (Å²) in [7, 11) is 0. The van der Waals surface area contributed by atoms with Crippen molar-refractivity contribution in [2.24, 2.45) is 0 Å². The minimum atomic E-state index is -3.28. The molecule has 0 aliphatic carbocycles. The number of nitrogens with two attached hydrogens (primary N) is 1. The van der Waals surface area contributed by atoms with Gasteiger partial charge in [-0.1, -0.05) is 0 Å². The topological polar surface area (TPSA) is 67.5 Å². The smallest absolute Gasteiger partial charge is 0.287 e. The van der Waals surface area contributed by atoms with Crippen molar-refractivity contribution in [3.8, 4) is 5.75 Å². The van der Waals surface area contributed by atoms with E-state index in [1.165, 1.54) is 6.07 Å². The molecule has 0 fully saturated rings. The molecule has 1 rings (SSSR count). The highest BCUT2D eigenvalue weighted by atomic mass is 19.3. The van der Waals surface area contributed by atoms with Gasteiger partial charge < -0.3 is 20.9 Å². The number of anilines is 2. The van der Waals surface area contributed by atoms with Crippen molar-refractivity contribution in [2.75, 3.05) is 24.2 Å². The van der Waals surface area contributed by atoms with Crippen LogP contribution in [-0.4, -0.2) is 30.3 Å². The van der Waals surface area contributed by atoms with Crippen LogP contribution in [0.5, 0.6) is 5.75 Å². The Hall–Kier alpha value is -1.63. The molecule has 7 heteroatoms. The van der Waals surface area contributed by atoms with Crippen molar-refractivity contribution >= 4 is 11.4 Å². The average molecular weight is 278 g/mol. The fourth-order valence-corrected chi connectivity index (χ4v) is 1.35. The monoisotopic (exact) mass is 278 g/mol. The van der Waals surface area contributed by atoms with E-state index >= 15 is 0 Å². The number of ether oxygens (including phenoxy) is 1. The van der Waals surface area contributed by atoms with E-state index in [2.05, 4.69) is 5.32 Å². The first kappa shape index (κ1) is 15.4. The van der Waals surface area contributed by atoms with E-state index in [1.807, 2.05) is 0 Å². The second-order valence-corrected chi connectivity index (χ2v) is 4.40. The largest absolute Gasteiger partial charge is 0.488 e. The lowest BCUT2D eigenvalue weighted by Crippen LogP contribution is -2.31. The van der Waals surface area contributed by atoms with E-state index in [9.17, 15) is 13.2 Å². The lowest BCUT2D eigenvalue weighted by atomic mass is 10.2. The van der Waals surface area contributed by atoms with Gasteiger partial charge in [0, 0.05) is 12.1 Å². The Balaban J connectivity index is 2.89. The van der Waals surface area contributed by atoms with Gasteiger partial charge >= 0.3 is 0 Å². The van der Waals surface area contributed by atoms with E-state index in [4.69, 9.17) is 15.6 Å². The number of rotatable bonds is 6. The highest BCUT2D eigenvalue weighted by Gasteiger charge is 2.27. The zero-order valence-corrected chi connectivity index (χ0v) is 10.7. The second kappa shape index (κ2) is 6.01. The summed E-state index contributed by atoms with van der Waals surface area (Å²) in [5.41, 5.74) is 5.64. The normalized spacial score (nSPS) is 11.7. The van der Waals surface area contributed by atoms with Crippen LogP contribution in [0.15, 0.2) is 12.1 Å². The molecule has 1 aromatic rings. The van der Waals surface area contributed by atoms with Crippen LogP contribution < -0.4 is 15.8 Å². The number of hydrogen-bond acceptors (Lipinski definition) is 4. The van der Waals surface area contributed by atoms with Gasteiger partial charge in [0.15, 0.2) is 11.6 Å². The lowest BCUT2D eigenvalue weighted by molar-refractivity contribution is -0.0372. The molecule has 19 heavy (non-hydrogen) atoms. The molecule has 0 radical (unpaired) electrons. The highest BCUT2D eigenvalue weighted by Crippen LogP contribution is 2.29. The van der Waals surface area contributed by atoms with Crippen LogP contribution in [0, 0.1) is 5.82 Å². The Morgan fingerprint density at radius 2 is 2.05 bits per heavy atom. The number of alkyl halides is 2. The van der Waals surface area contributed by atoms with Crippen molar-refractivity contribution in [3.63, 3.8) is 0 Å². The van der Waals surface area contributed by atoms with Crippen LogP contribution in [0.4, 0.5) is 24.5 Å². The summed E-state index contributed by atoms with van der Waals surface area (Å²) in [6, 6.07) is 2.22. The van der Waals surface area contributed by atoms with Gasteiger partial charge in [-0.05, 0) is 13.8 Å². The molecule has 0 spiro atoms. The third-order valence-electron chi connectivity index (χ3n) is 2.24. The predicted molar refractivity (Wildman–Crippen MR) is 67.1 cm³/mol. The van der Waals surface area contributed by atoms with Crippen LogP contribution in [0.1, 0.15) is 13.8 Å². The molecule has 0 bridgehead atoms. The minimum absolute atomic E-state index is 0.0117. The van der Waals surface area contributed by atoms with Gasteiger partial charge in [0.05, 0.1) is 24.0 Å². The maximum Gasteiger partial charge on any atom is 0.287 e. The van der Waals surface area contributed by atoms with Crippen molar-refractivity contribution in [1.82, 2.24) is 0 Å². The molecule has 0 saturated heterocycles. The Morgan fingerprint density at radius 1 is 1.42 bits per heavy atom. The van der Waals surface area contributed by atoms with Gasteiger partial charge in [0.2, 0.25) is 0 Å². The Bertz CT molecular complexity index is 439. The van der Waals surface area contributed by atoms with Crippen LogP contribution >= 0.6 is 0 Å². The quantitative estimate of drug-likeness (QED) is 0.698. The summed E-state index contributed by atoms with van der Waals surface area (Å²) in [5, 5.41) is 10.8. The first-order valence-corrected chi connectivity index (χ1v) is 5.73. The van der Waals surface area contributed by atoms with Crippen molar-refractivity contribution in [2.45, 2.75) is 25.9 Å². The molecular weight excluding hydrogens is 261 g/mol. The fourth-order valence-electron chi connectivity index (χ4n) is 1.35. The summed E-state index contributed by atoms with van der Waals surface area (Å²) in [4.78, 5) is 0. The zero-order chi connectivity index (χ0) is 14.6. The van der Waals surface area contributed by atoms with Crippen molar-refractivity contribution < 1.29 is 23.0 Å². The highest BCUT2D eigenvalue weighted by molar-refractivity contribution is 5.68. The molecular formula is C12H17F3N2O2. The predicted octanol–water partition coefficient (Wildman–Crippen LogP) is 2.23. The third kappa shape index (κ3) is 4.51. The molecule has 0 saturated carbocycles. The number of halogens is 3. The first-order valence-electron chi connectivity index (χ1n) is 5.73. The van der Waals surface area contributed by atoms with Crippen molar-refractivity contribution in [1.29, 1.82) is 0 Å². The van der Waals surface area contributed by atoms with Crippen LogP contribution in [0.25, 0.3) is 0 Å². The number of nitrogens with one attached hydrogen (secondary N) is 1. The molecule has 4 nitrogen and oxygen atoms in total. The average Bonchev–Trinajstić information content (AvgIpc) is 2.30. The standard InChI is InChI=1S/C12H17F3N2O2/c1-7(2)19-11-4-10(9(16)3-8(11)13)17-5-12(14,15)6-18/h3-4,7,17-18H,5-6,16H2,1-2H3. The number of hydrogen-bond donors (Lipinski definition) is 3. The third-order valence-corrected chi connectivity index (χ3v) is 2.24. The maximum absolute atomic E-state index is 13.5. The zero-order valence-electron chi connectivity index (χ0n) is 10.7. The fraction of sp³-hybridized carbons (Fsp3) is 0.500. The number of aliphatic hydroxyl groups is 1. The number of nitrogen functional groups attached to an aromatic ring is 1. The summed E-state index contributed by atoms with van der Waals surface area (Å²) >= 11 is 0. The van der Waals surface area contributed by atoms with E-state index in [-0.39, 0.29) is 23.2 Å². The molecule has 0 aliphatic heterocycles. The summed E-state index contributed by atoms with van der Waals surface area (Å²) < 4.78 is 44.5. The molecule has 0 unspecified atom stereocenters. The Kier molecular flexibility index (Phi) is 4.88. The molecule has 0 heterocycles. The van der Waals surface area contributed by atoms with Crippen molar-refractivity contribution in [3.05, 3.63) is 17.9 Å². The van der Waals surface area contributed by atoms with Gasteiger partial charge in [-0.2, -0.15) is 0 Å². The second-order valence-electron chi connectivity index (χ2n) is 4.40. The molecule has 0 aliphatic rings. The molecule has 0 aromatic heterocycles. The van der Waals surface area contributed by atoms with Crippen LogP contribution in [0.3, 0.4) is 0 Å². The lowest BCUT2D eigenvalue weighted by Gasteiger charge is -2.18. The summed E-state index contributed by atoms with van der Waals surface area (Å²) in [6.07, 6.45) is -0.259. The Labute approximate surface area is 109 Å². The van der Waals surface area contributed by atoms with E-state index in [1.54, 1.807) is 13.8 Å². The first-order chi connectivity index (χ1) is 8.75. The number of aliphatic hydroxyl groups excluding tert-OH is 1. The molecule has 0 amide bonds. The van der Waals surface area contributed by atoms with E-state index in [0.717, 1.165) is 6.07 Å². The van der Waals surface area contributed by atoms with Gasteiger partial charge in [-0.3, -0.25) is 0 Å². The van der Waals surface area contributed by atoms with E-state index < -0.39 is 24.9 Å². The summed E-state index contributed by atoms with van der Waals surface area (Å²) in [6.45, 7) is 1.34. The molecule has 4 N–H and O–H groups in total. The minimum Gasteiger partial charge on any atom is -0.488 e. The van der Waals surface area contributed by atoms with Gasteiger partial charge in [0.1, 0.15) is 6.61 Å². The van der Waals surface area contributed by atoms with Gasteiger partial charge in [-0.15, -0.1) is 0 Å². The molecule has 108 valence electrons. The van der Waals surface area contributed by atoms with Crippen LogP contribution in [-0.2, 0) is 0 Å². The van der Waals surface area contributed by atoms with Crippen LogP contribution in [0.2, 0.25) is 0 Å². The maximum atomic E-state index is 13.5. The van der Waals surface area contributed by atoms with Gasteiger partial charge in [0.25, 0.3) is 5.92 Å². The van der Waals surface area contributed by atoms with Gasteiger partial charge in [-0.25, -0.2) is 13.2 Å². The SMILES string of the molecule is CC(C)Oc1cc(NCC(F)(F)CO)c(N)cc1F. The number of benzene rings is 1.